The minimum Gasteiger partial charge on any atom is -0.367 e. The van der Waals surface area contributed by atoms with Crippen LogP contribution in [0.1, 0.15) is 19.8 Å². The van der Waals surface area contributed by atoms with E-state index in [0.717, 1.165) is 28.0 Å². The van der Waals surface area contributed by atoms with Gasteiger partial charge in [0, 0.05) is 41.3 Å². The van der Waals surface area contributed by atoms with Gasteiger partial charge in [0.2, 0.25) is 0 Å². The highest BCUT2D eigenvalue weighted by Gasteiger charge is 2.37. The maximum Gasteiger partial charge on any atom is 0.0665 e. The molecule has 2 atom stereocenters. The van der Waals surface area contributed by atoms with Gasteiger partial charge in [-0.2, -0.15) is 5.10 Å². The van der Waals surface area contributed by atoms with Gasteiger partial charge in [-0.15, -0.1) is 0 Å². The molecular formula is C17H23ClN4. The normalized spacial score (nSPS) is 24.2. The largest absolute Gasteiger partial charge is 0.367 e. The van der Waals surface area contributed by atoms with Crippen molar-refractivity contribution in [3.63, 3.8) is 0 Å². The number of aromatic nitrogens is 2. The molecule has 5 heteroatoms. The maximum absolute atomic E-state index is 5.73. The Kier molecular flexibility index (Phi) is 4.41. The van der Waals surface area contributed by atoms with Crippen LogP contribution in [-0.4, -0.2) is 52.2 Å². The van der Waals surface area contributed by atoms with Crippen molar-refractivity contribution in [1.29, 1.82) is 0 Å². The first-order valence-corrected chi connectivity index (χ1v) is 8.13. The van der Waals surface area contributed by atoms with Crippen LogP contribution in [0.5, 0.6) is 0 Å². The molecular weight excluding hydrogens is 296 g/mol. The summed E-state index contributed by atoms with van der Waals surface area (Å²) in [4.78, 5) is 4.97. The van der Waals surface area contributed by atoms with E-state index in [2.05, 4.69) is 40.5 Å². The van der Waals surface area contributed by atoms with Crippen molar-refractivity contribution in [3.05, 3.63) is 41.7 Å². The van der Waals surface area contributed by atoms with Crippen LogP contribution < -0.4 is 0 Å². The number of rotatable bonds is 1. The second-order valence-corrected chi connectivity index (χ2v) is 6.79. The van der Waals surface area contributed by atoms with Crippen LogP contribution in [0.15, 0.2) is 36.7 Å². The number of nitrogens with one attached hydrogen (secondary N) is 1. The van der Waals surface area contributed by atoms with Gasteiger partial charge in [-0.25, -0.2) is 0 Å². The molecule has 2 fully saturated rings. The molecule has 4 nitrogen and oxygen atoms in total. The first kappa shape index (κ1) is 15.4. The predicted octanol–water partition coefficient (Wildman–Crippen LogP) is 3.51. The van der Waals surface area contributed by atoms with Crippen LogP contribution in [0, 0.1) is 0 Å². The zero-order chi connectivity index (χ0) is 15.7. The molecule has 1 N–H and O–H groups in total. The van der Waals surface area contributed by atoms with Crippen molar-refractivity contribution < 1.29 is 0 Å². The minimum atomic E-state index is 0.733. The summed E-state index contributed by atoms with van der Waals surface area (Å²) >= 11 is 5.73. The molecule has 22 heavy (non-hydrogen) atoms. The first-order chi connectivity index (χ1) is 10.5. The van der Waals surface area contributed by atoms with Crippen molar-refractivity contribution in [2.75, 3.05) is 20.1 Å². The van der Waals surface area contributed by atoms with Gasteiger partial charge in [0.15, 0.2) is 0 Å². The average Bonchev–Trinajstić information content (AvgIpc) is 3.02. The molecule has 0 amide bonds. The Labute approximate surface area is 136 Å². The predicted molar refractivity (Wildman–Crippen MR) is 92.1 cm³/mol. The highest BCUT2D eigenvalue weighted by molar-refractivity contribution is 6.31. The number of aromatic amines is 1. The van der Waals surface area contributed by atoms with Crippen molar-refractivity contribution in [2.24, 2.45) is 0 Å². The molecule has 2 saturated heterocycles. The van der Waals surface area contributed by atoms with Gasteiger partial charge in [0.25, 0.3) is 0 Å². The average molecular weight is 319 g/mol. The number of likely N-dealkylation sites (N-methyl/N-ethyl adjacent to an activating group) is 1. The van der Waals surface area contributed by atoms with E-state index in [-0.39, 0.29) is 0 Å². The van der Waals surface area contributed by atoms with Crippen LogP contribution in [-0.2, 0) is 0 Å². The number of piperazine rings is 1. The van der Waals surface area contributed by atoms with E-state index in [1.54, 1.807) is 6.20 Å². The first-order valence-electron chi connectivity index (χ1n) is 7.75. The fraction of sp³-hybridized carbons (Fsp3) is 0.471. The molecule has 2 aliphatic rings. The number of fused-ring (bicyclic) bond motifs is 3. The number of hydrogen-bond donors (Lipinski definition) is 1. The minimum absolute atomic E-state index is 0.733. The fourth-order valence-electron chi connectivity index (χ4n) is 3.65. The van der Waals surface area contributed by atoms with Crippen molar-refractivity contribution in [1.82, 2.24) is 20.0 Å². The van der Waals surface area contributed by atoms with Gasteiger partial charge >= 0.3 is 0 Å². The van der Waals surface area contributed by atoms with Gasteiger partial charge in [0.05, 0.1) is 11.7 Å². The molecule has 2 bridgehead atoms. The van der Waals surface area contributed by atoms with E-state index in [4.69, 9.17) is 11.6 Å². The van der Waals surface area contributed by atoms with Crippen LogP contribution in [0.25, 0.3) is 10.9 Å². The molecule has 0 aliphatic carbocycles. The van der Waals surface area contributed by atoms with Crippen LogP contribution in [0.2, 0.25) is 5.02 Å². The topological polar surface area (TPSA) is 35.2 Å². The lowest BCUT2D eigenvalue weighted by Gasteiger charge is -2.41. The lowest BCUT2D eigenvalue weighted by atomic mass is 10.2. The zero-order valence-electron chi connectivity index (χ0n) is 13.2. The molecule has 1 aromatic heterocycles. The van der Waals surface area contributed by atoms with Crippen molar-refractivity contribution in [3.8, 4) is 0 Å². The Bertz CT molecular complexity index is 651. The van der Waals surface area contributed by atoms with Crippen LogP contribution in [0.3, 0.4) is 0 Å². The Balaban J connectivity index is 0.000000133. The van der Waals surface area contributed by atoms with E-state index in [1.165, 1.54) is 31.6 Å². The van der Waals surface area contributed by atoms with E-state index in [0.29, 0.717) is 0 Å². The highest BCUT2D eigenvalue weighted by atomic mass is 35.5. The van der Waals surface area contributed by atoms with Gasteiger partial charge < -0.3 is 9.80 Å². The van der Waals surface area contributed by atoms with Crippen molar-refractivity contribution in [2.45, 2.75) is 31.8 Å². The molecule has 2 aromatic rings. The van der Waals surface area contributed by atoms with Gasteiger partial charge in [0.1, 0.15) is 0 Å². The molecule has 2 unspecified atom stereocenters. The number of likely N-dealkylation sites (tertiary alicyclic amines) is 1. The lowest BCUT2D eigenvalue weighted by molar-refractivity contribution is 0.115. The molecule has 0 spiro atoms. The zero-order valence-corrected chi connectivity index (χ0v) is 14.0. The smallest absolute Gasteiger partial charge is 0.0665 e. The van der Waals surface area contributed by atoms with E-state index in [9.17, 15) is 0 Å². The summed E-state index contributed by atoms with van der Waals surface area (Å²) in [5.41, 5.74) is 2.24. The monoisotopic (exact) mass is 318 g/mol. The molecule has 4 rings (SSSR count). The summed E-state index contributed by atoms with van der Waals surface area (Å²) in [6.07, 6.45) is 4.50. The summed E-state index contributed by atoms with van der Waals surface area (Å²) in [7, 11) is 2.22. The van der Waals surface area contributed by atoms with E-state index in [1.807, 2.05) is 18.2 Å². The number of nitrogens with zero attached hydrogens (tertiary/aromatic N) is 3. The van der Waals surface area contributed by atoms with Crippen LogP contribution >= 0.6 is 11.6 Å². The molecule has 118 valence electrons. The number of allylic oxidation sites excluding steroid dienone is 1. The summed E-state index contributed by atoms with van der Waals surface area (Å²) in [5, 5.41) is 8.51. The standard InChI is InChI=1S/C10H18N2.C7H5ClN2/c1-8(2)12-9-4-5-10(12)7-11(3)6-9;8-6-2-1-5-4-9-10-7(5)3-6/h9-10H,1,4-7H2,2-3H3;1-4H,(H,9,10). The number of benzene rings is 1. The maximum atomic E-state index is 5.73. The Morgan fingerprint density at radius 1 is 1.32 bits per heavy atom. The molecule has 3 heterocycles. The third-order valence-electron chi connectivity index (χ3n) is 4.51. The van der Waals surface area contributed by atoms with Gasteiger partial charge in [-0.3, -0.25) is 5.10 Å². The summed E-state index contributed by atoms with van der Waals surface area (Å²) in [5.74, 6) is 0. The third kappa shape index (κ3) is 3.13. The Morgan fingerprint density at radius 2 is 2.00 bits per heavy atom. The number of hydrogen-bond acceptors (Lipinski definition) is 3. The Morgan fingerprint density at radius 3 is 2.64 bits per heavy atom. The van der Waals surface area contributed by atoms with Gasteiger partial charge in [-0.1, -0.05) is 18.2 Å². The molecule has 2 aliphatic heterocycles. The number of H-pyrrole nitrogens is 1. The van der Waals surface area contributed by atoms with Gasteiger partial charge in [-0.05, 0) is 45.0 Å². The number of halogens is 1. The molecule has 0 saturated carbocycles. The summed E-state index contributed by atoms with van der Waals surface area (Å²) in [6.45, 7) is 8.64. The fourth-order valence-corrected chi connectivity index (χ4v) is 3.82. The second-order valence-electron chi connectivity index (χ2n) is 6.35. The van der Waals surface area contributed by atoms with Crippen molar-refractivity contribution >= 4 is 22.5 Å². The quantitative estimate of drug-likeness (QED) is 0.874. The van der Waals surface area contributed by atoms with E-state index >= 15 is 0 Å². The Hall–Kier alpha value is -1.52. The van der Waals surface area contributed by atoms with E-state index < -0.39 is 0 Å². The van der Waals surface area contributed by atoms with Crippen LogP contribution in [0.4, 0.5) is 0 Å². The molecule has 1 aromatic carbocycles. The summed E-state index contributed by atoms with van der Waals surface area (Å²) in [6, 6.07) is 7.14. The SMILES string of the molecule is C=C(C)N1C2CCC1CN(C)C2.Clc1ccc2cn[nH]c2c1. The second kappa shape index (κ2) is 6.31. The highest BCUT2D eigenvalue weighted by Crippen LogP contribution is 2.31. The third-order valence-corrected chi connectivity index (χ3v) is 4.74. The molecule has 0 radical (unpaired) electrons. The lowest BCUT2D eigenvalue weighted by Crippen LogP contribution is -2.51. The summed E-state index contributed by atoms with van der Waals surface area (Å²) < 4.78 is 0.